The van der Waals surface area contributed by atoms with E-state index >= 15 is 0 Å². The summed E-state index contributed by atoms with van der Waals surface area (Å²) in [5.74, 6) is -0.174. The van der Waals surface area contributed by atoms with Crippen LogP contribution in [0.1, 0.15) is 10.4 Å². The largest absolute Gasteiger partial charge is 0.493 e. The number of carboxylic acids is 1. The van der Waals surface area contributed by atoms with Crippen LogP contribution in [0.15, 0.2) is 47.8 Å². The second-order valence-electron chi connectivity index (χ2n) is 4.71. The van der Waals surface area contributed by atoms with Crippen LogP contribution in [0.5, 0.6) is 11.5 Å². The Morgan fingerprint density at radius 3 is 2.48 bits per heavy atom. The number of allylic oxidation sites excluding steroid dienone is 1. The first-order valence-electron chi connectivity index (χ1n) is 6.84. The molecule has 0 unspecified atom stereocenters. The van der Waals surface area contributed by atoms with Gasteiger partial charge in [0.25, 0.3) is 5.56 Å². The lowest BCUT2D eigenvalue weighted by Gasteiger charge is -2.14. The first-order chi connectivity index (χ1) is 11.0. The lowest BCUT2D eigenvalue weighted by molar-refractivity contribution is 0.0694. The van der Waals surface area contributed by atoms with E-state index in [9.17, 15) is 9.59 Å². The third kappa shape index (κ3) is 3.11. The highest BCUT2D eigenvalue weighted by Crippen LogP contribution is 2.32. The van der Waals surface area contributed by atoms with E-state index in [0.29, 0.717) is 22.8 Å². The van der Waals surface area contributed by atoms with Gasteiger partial charge in [-0.15, -0.1) is 6.58 Å². The fraction of sp³-hybridized carbons (Fsp3) is 0.176. The molecule has 6 nitrogen and oxygen atoms in total. The topological polar surface area (TPSA) is 77.8 Å². The predicted molar refractivity (Wildman–Crippen MR) is 86.4 cm³/mol. The van der Waals surface area contributed by atoms with Gasteiger partial charge in [-0.25, -0.2) is 4.79 Å². The van der Waals surface area contributed by atoms with E-state index < -0.39 is 11.5 Å². The van der Waals surface area contributed by atoms with Crippen molar-refractivity contribution >= 4 is 5.97 Å². The number of hydrogen-bond acceptors (Lipinski definition) is 4. The van der Waals surface area contributed by atoms with Gasteiger partial charge in [0.1, 0.15) is 5.56 Å². The van der Waals surface area contributed by atoms with E-state index in [1.165, 1.54) is 30.9 Å². The Morgan fingerprint density at radius 1 is 1.22 bits per heavy atom. The summed E-state index contributed by atoms with van der Waals surface area (Å²) in [6.45, 7) is 3.81. The average Bonchev–Trinajstić information content (AvgIpc) is 2.55. The zero-order valence-corrected chi connectivity index (χ0v) is 12.9. The van der Waals surface area contributed by atoms with Gasteiger partial charge < -0.3 is 19.1 Å². The maximum Gasteiger partial charge on any atom is 0.341 e. The zero-order valence-electron chi connectivity index (χ0n) is 12.9. The number of ether oxygens (including phenoxy) is 2. The van der Waals surface area contributed by atoms with E-state index in [2.05, 4.69) is 6.58 Å². The minimum absolute atomic E-state index is 0.198. The Morgan fingerprint density at radius 2 is 1.91 bits per heavy atom. The van der Waals surface area contributed by atoms with Crippen molar-refractivity contribution in [3.05, 3.63) is 58.9 Å². The normalized spacial score (nSPS) is 10.2. The van der Waals surface area contributed by atoms with Gasteiger partial charge in [0.15, 0.2) is 11.5 Å². The summed E-state index contributed by atoms with van der Waals surface area (Å²) in [4.78, 5) is 23.5. The SMILES string of the molecule is C=CCn1c(-c2ccc(OC)c(OC)c2)ccc(C(=O)O)c1=O. The van der Waals surface area contributed by atoms with Crippen LogP contribution in [0.25, 0.3) is 11.3 Å². The molecule has 1 heterocycles. The molecular formula is C17H17NO5. The van der Waals surface area contributed by atoms with Crippen LogP contribution in [0.4, 0.5) is 0 Å². The molecule has 0 spiro atoms. The molecule has 0 aliphatic rings. The number of pyridine rings is 1. The number of carboxylic acid groups (broad SMARTS) is 1. The molecule has 1 aromatic carbocycles. The van der Waals surface area contributed by atoms with Gasteiger partial charge in [-0.05, 0) is 30.3 Å². The Kier molecular flexibility index (Phi) is 4.85. The van der Waals surface area contributed by atoms with Crippen LogP contribution < -0.4 is 15.0 Å². The van der Waals surface area contributed by atoms with Crippen molar-refractivity contribution in [3.63, 3.8) is 0 Å². The third-order valence-electron chi connectivity index (χ3n) is 3.40. The molecule has 0 saturated carbocycles. The average molecular weight is 315 g/mol. The Bertz CT molecular complexity index is 807. The van der Waals surface area contributed by atoms with Gasteiger partial charge in [-0.2, -0.15) is 0 Å². The summed E-state index contributed by atoms with van der Waals surface area (Å²) < 4.78 is 11.8. The number of aromatic nitrogens is 1. The summed E-state index contributed by atoms with van der Waals surface area (Å²) in [7, 11) is 3.05. The van der Waals surface area contributed by atoms with Gasteiger partial charge >= 0.3 is 5.97 Å². The molecule has 0 radical (unpaired) electrons. The van der Waals surface area contributed by atoms with E-state index in [-0.39, 0.29) is 12.1 Å². The highest BCUT2D eigenvalue weighted by molar-refractivity contribution is 5.87. The Labute approximate surface area is 133 Å². The first kappa shape index (κ1) is 16.4. The number of carbonyl (C=O) groups is 1. The molecule has 1 aromatic heterocycles. The molecule has 23 heavy (non-hydrogen) atoms. The van der Waals surface area contributed by atoms with Crippen molar-refractivity contribution in [1.29, 1.82) is 0 Å². The van der Waals surface area contributed by atoms with Crippen LogP contribution in [0.3, 0.4) is 0 Å². The van der Waals surface area contributed by atoms with E-state index in [0.717, 1.165) is 0 Å². The van der Waals surface area contributed by atoms with Crippen molar-refractivity contribution in [3.8, 4) is 22.8 Å². The summed E-state index contributed by atoms with van der Waals surface area (Å²) in [5, 5.41) is 9.09. The Hall–Kier alpha value is -3.02. The number of benzene rings is 1. The third-order valence-corrected chi connectivity index (χ3v) is 3.40. The van der Waals surface area contributed by atoms with Crippen LogP contribution in [0, 0.1) is 0 Å². The second kappa shape index (κ2) is 6.83. The van der Waals surface area contributed by atoms with Gasteiger partial charge in [0.2, 0.25) is 0 Å². The van der Waals surface area contributed by atoms with Gasteiger partial charge in [0, 0.05) is 12.1 Å². The molecular weight excluding hydrogens is 298 g/mol. The van der Waals surface area contributed by atoms with Crippen molar-refractivity contribution in [2.45, 2.75) is 6.54 Å². The van der Waals surface area contributed by atoms with Gasteiger partial charge in [-0.3, -0.25) is 4.79 Å². The molecule has 1 N–H and O–H groups in total. The fourth-order valence-electron chi connectivity index (χ4n) is 2.30. The molecule has 2 rings (SSSR count). The second-order valence-corrected chi connectivity index (χ2v) is 4.71. The van der Waals surface area contributed by atoms with Crippen LogP contribution in [0.2, 0.25) is 0 Å². The van der Waals surface area contributed by atoms with E-state index in [1.807, 2.05) is 0 Å². The number of nitrogens with zero attached hydrogens (tertiary/aromatic N) is 1. The number of hydrogen-bond donors (Lipinski definition) is 1. The predicted octanol–water partition coefficient (Wildman–Crippen LogP) is 2.42. The highest BCUT2D eigenvalue weighted by Gasteiger charge is 2.15. The van der Waals surface area contributed by atoms with Crippen LogP contribution >= 0.6 is 0 Å². The maximum absolute atomic E-state index is 12.4. The molecule has 6 heteroatoms. The highest BCUT2D eigenvalue weighted by atomic mass is 16.5. The molecule has 0 aliphatic carbocycles. The lowest BCUT2D eigenvalue weighted by atomic mass is 10.1. The standard InChI is InChI=1S/C17H17NO5/c1-4-9-18-13(7-6-12(16(18)19)17(20)21)11-5-8-14(22-2)15(10-11)23-3/h4-8,10H,1,9H2,2-3H3,(H,20,21). The van der Waals surface area contributed by atoms with Crippen molar-refractivity contribution in [1.82, 2.24) is 4.57 Å². The van der Waals surface area contributed by atoms with Gasteiger partial charge in [0.05, 0.1) is 19.9 Å². The minimum atomic E-state index is -1.26. The first-order valence-corrected chi connectivity index (χ1v) is 6.84. The van der Waals surface area contributed by atoms with Crippen molar-refractivity contribution < 1.29 is 19.4 Å². The molecule has 0 saturated heterocycles. The van der Waals surface area contributed by atoms with Crippen molar-refractivity contribution in [2.24, 2.45) is 0 Å². The maximum atomic E-state index is 12.4. The molecule has 0 amide bonds. The summed E-state index contributed by atoms with van der Waals surface area (Å²) in [6.07, 6.45) is 1.54. The summed E-state index contributed by atoms with van der Waals surface area (Å²) in [6, 6.07) is 8.12. The monoisotopic (exact) mass is 315 g/mol. The van der Waals surface area contributed by atoms with Crippen molar-refractivity contribution in [2.75, 3.05) is 14.2 Å². The van der Waals surface area contributed by atoms with E-state index in [1.54, 1.807) is 24.3 Å². The molecule has 2 aromatic rings. The summed E-state index contributed by atoms with van der Waals surface area (Å²) in [5.41, 5.74) is 0.417. The number of methoxy groups -OCH3 is 2. The number of aromatic carboxylic acids is 1. The molecule has 0 fully saturated rings. The molecule has 0 aliphatic heterocycles. The smallest absolute Gasteiger partial charge is 0.341 e. The quantitative estimate of drug-likeness (QED) is 0.828. The summed E-state index contributed by atoms with van der Waals surface area (Å²) >= 11 is 0. The molecule has 0 bridgehead atoms. The molecule has 0 atom stereocenters. The lowest BCUT2D eigenvalue weighted by Crippen LogP contribution is -2.27. The molecule has 120 valence electrons. The zero-order chi connectivity index (χ0) is 17.0. The Balaban J connectivity index is 2.68. The fourth-order valence-corrected chi connectivity index (χ4v) is 2.30. The minimum Gasteiger partial charge on any atom is -0.493 e. The number of rotatable bonds is 6. The van der Waals surface area contributed by atoms with Gasteiger partial charge in [-0.1, -0.05) is 6.08 Å². The van der Waals surface area contributed by atoms with E-state index in [4.69, 9.17) is 14.6 Å². The van der Waals surface area contributed by atoms with Crippen LogP contribution in [-0.2, 0) is 6.54 Å². The van der Waals surface area contributed by atoms with Crippen LogP contribution in [-0.4, -0.2) is 29.9 Å².